The molecule has 5 atom stereocenters. The lowest BCUT2D eigenvalue weighted by Gasteiger charge is -2.35. The molecule has 2 fully saturated rings. The molecule has 2 amide bonds. The highest BCUT2D eigenvalue weighted by molar-refractivity contribution is 14.1. The normalized spacial score (nSPS) is 22.7. The number of nitrogens with zero attached hydrogens (tertiary/aromatic N) is 1. The lowest BCUT2D eigenvalue weighted by atomic mass is 9.97. The smallest absolute Gasteiger partial charge is 0.254 e. The molecule has 0 aliphatic carbocycles. The number of aliphatic hydroxyl groups excluding tert-OH is 1. The third kappa shape index (κ3) is 8.03. The summed E-state index contributed by atoms with van der Waals surface area (Å²) < 4.78 is 13.5. The highest BCUT2D eigenvalue weighted by Gasteiger charge is 2.40. The number of hydrogen-bond donors (Lipinski definition) is 2. The molecule has 2 saturated heterocycles. The number of benzene rings is 3. The number of carbonyl (C=O) groups is 2. The van der Waals surface area contributed by atoms with Crippen molar-refractivity contribution in [2.24, 2.45) is 0 Å². The van der Waals surface area contributed by atoms with Crippen LogP contribution < -0.4 is 5.32 Å². The van der Waals surface area contributed by atoms with Gasteiger partial charge < -0.3 is 24.8 Å². The number of hydrogen-bond acceptors (Lipinski definition) is 5. The fourth-order valence-corrected chi connectivity index (χ4v) is 6.32. The average molecular weight is 697 g/mol. The minimum absolute atomic E-state index is 0.0125. The highest BCUT2D eigenvalue weighted by atomic mass is 127. The van der Waals surface area contributed by atoms with Gasteiger partial charge >= 0.3 is 0 Å². The Balaban J connectivity index is 1.47. The van der Waals surface area contributed by atoms with Crippen LogP contribution in [0, 0.1) is 3.57 Å². The number of nitrogens with one attached hydrogen (secondary N) is 1. The molecular weight excluding hydrogens is 655 g/mol. The first-order valence-corrected chi connectivity index (χ1v) is 16.1. The summed E-state index contributed by atoms with van der Waals surface area (Å²) >= 11 is 2.22. The molecule has 7 nitrogen and oxygen atoms in total. The van der Waals surface area contributed by atoms with Crippen molar-refractivity contribution in [1.82, 2.24) is 10.2 Å². The number of aliphatic hydroxyl groups is 1. The van der Waals surface area contributed by atoms with Gasteiger partial charge in [-0.1, -0.05) is 54.6 Å². The Morgan fingerprint density at radius 2 is 1.44 bits per heavy atom. The van der Waals surface area contributed by atoms with Crippen LogP contribution in [0.2, 0.25) is 0 Å². The van der Waals surface area contributed by atoms with Crippen LogP contribution in [0.1, 0.15) is 68.4 Å². The van der Waals surface area contributed by atoms with Gasteiger partial charge in [-0.3, -0.25) is 9.59 Å². The SMILES string of the molecule is CC(C)(C)NC(=O)C(c1ccc(-c2ccccc2)cc1)N(C[C@H]1CC[C@@H]([C@@H]2CC[C@H](CO)O2)O1)C(=O)c1ccc(I)cc1. The molecule has 0 aromatic heterocycles. The summed E-state index contributed by atoms with van der Waals surface area (Å²) in [6.45, 7) is 6.10. The van der Waals surface area contributed by atoms with E-state index in [4.69, 9.17) is 9.47 Å². The van der Waals surface area contributed by atoms with E-state index in [1.807, 2.05) is 87.5 Å². The lowest BCUT2D eigenvalue weighted by molar-refractivity contribution is -0.128. The van der Waals surface area contributed by atoms with Gasteiger partial charge in [0, 0.05) is 21.2 Å². The van der Waals surface area contributed by atoms with Crippen molar-refractivity contribution in [1.29, 1.82) is 0 Å². The van der Waals surface area contributed by atoms with E-state index in [2.05, 4.69) is 40.0 Å². The van der Waals surface area contributed by atoms with Gasteiger partial charge in [0.25, 0.3) is 5.91 Å². The van der Waals surface area contributed by atoms with Gasteiger partial charge in [-0.25, -0.2) is 0 Å². The van der Waals surface area contributed by atoms with E-state index in [1.165, 1.54) is 0 Å². The molecule has 3 aromatic carbocycles. The highest BCUT2D eigenvalue weighted by Crippen LogP contribution is 2.34. The van der Waals surface area contributed by atoms with Gasteiger partial charge in [0.2, 0.25) is 5.91 Å². The van der Waals surface area contributed by atoms with Crippen molar-refractivity contribution in [3.05, 3.63) is 93.6 Å². The third-order valence-electron chi connectivity index (χ3n) is 8.04. The monoisotopic (exact) mass is 696 g/mol. The molecule has 2 aliphatic heterocycles. The van der Waals surface area contributed by atoms with E-state index >= 15 is 0 Å². The molecule has 0 saturated carbocycles. The maximum Gasteiger partial charge on any atom is 0.254 e. The van der Waals surface area contributed by atoms with Gasteiger partial charge in [-0.05, 0) is 110 Å². The first-order valence-electron chi connectivity index (χ1n) is 15.1. The first-order chi connectivity index (χ1) is 20.6. The van der Waals surface area contributed by atoms with E-state index < -0.39 is 11.6 Å². The molecule has 8 heteroatoms. The van der Waals surface area contributed by atoms with Crippen LogP contribution in [0.15, 0.2) is 78.9 Å². The molecule has 43 heavy (non-hydrogen) atoms. The maximum atomic E-state index is 14.3. The van der Waals surface area contributed by atoms with Crippen molar-refractivity contribution >= 4 is 34.4 Å². The van der Waals surface area contributed by atoms with Crippen LogP contribution in [0.5, 0.6) is 0 Å². The minimum atomic E-state index is -0.861. The van der Waals surface area contributed by atoms with Crippen molar-refractivity contribution in [2.45, 2.75) is 82.5 Å². The van der Waals surface area contributed by atoms with Gasteiger partial charge in [0.15, 0.2) is 0 Å². The summed E-state index contributed by atoms with van der Waals surface area (Å²) in [5.74, 6) is -0.458. The Kier molecular flexibility index (Phi) is 10.2. The zero-order chi connectivity index (χ0) is 30.6. The fraction of sp³-hybridized carbons (Fsp3) is 0.429. The Bertz CT molecular complexity index is 1370. The maximum absolute atomic E-state index is 14.3. The first kappa shape index (κ1) is 31.6. The van der Waals surface area contributed by atoms with Gasteiger partial charge in [-0.2, -0.15) is 0 Å². The third-order valence-corrected chi connectivity index (χ3v) is 8.76. The summed E-state index contributed by atoms with van der Waals surface area (Å²) in [6, 6.07) is 24.6. The van der Waals surface area contributed by atoms with Crippen molar-refractivity contribution in [3.63, 3.8) is 0 Å². The molecule has 0 bridgehead atoms. The minimum Gasteiger partial charge on any atom is -0.394 e. The van der Waals surface area contributed by atoms with Gasteiger partial charge in [0.05, 0.1) is 31.0 Å². The van der Waals surface area contributed by atoms with Crippen LogP contribution in [0.3, 0.4) is 0 Å². The van der Waals surface area contributed by atoms with E-state index in [1.54, 1.807) is 4.90 Å². The standard InChI is InChI=1S/C35H41IN2O5/c1-35(2,3)37-33(40)32(25-11-9-24(10-12-25)23-7-5-4-6-8-23)38(34(41)26-13-15-27(36)16-14-26)21-28-17-19-30(42-28)31-20-18-29(22-39)43-31/h4-16,28-32,39H,17-22H2,1-3H3,(H,37,40)/t28-,29-,30+,31+,32?/m1/s1. The summed E-state index contributed by atoms with van der Waals surface area (Å²) in [6.07, 6.45) is 2.68. The predicted molar refractivity (Wildman–Crippen MR) is 176 cm³/mol. The van der Waals surface area contributed by atoms with Gasteiger partial charge in [0.1, 0.15) is 6.04 Å². The van der Waals surface area contributed by atoms with E-state index in [-0.39, 0.29) is 49.4 Å². The fourth-order valence-electron chi connectivity index (χ4n) is 5.97. The topological polar surface area (TPSA) is 88.1 Å². The van der Waals surface area contributed by atoms with Crippen LogP contribution >= 0.6 is 22.6 Å². The molecule has 3 aromatic rings. The van der Waals surface area contributed by atoms with E-state index in [0.717, 1.165) is 45.9 Å². The summed E-state index contributed by atoms with van der Waals surface area (Å²) in [5.41, 5.74) is 2.89. The number of amides is 2. The molecule has 2 N–H and O–H groups in total. The molecule has 2 heterocycles. The van der Waals surface area contributed by atoms with Crippen LogP contribution in [0.4, 0.5) is 0 Å². The zero-order valence-electron chi connectivity index (χ0n) is 25.0. The van der Waals surface area contributed by atoms with Crippen molar-refractivity contribution in [2.75, 3.05) is 13.2 Å². The lowest BCUT2D eigenvalue weighted by Crippen LogP contribution is -2.51. The summed E-state index contributed by atoms with van der Waals surface area (Å²) in [5, 5.41) is 12.7. The average Bonchev–Trinajstić information content (AvgIpc) is 3.67. The largest absolute Gasteiger partial charge is 0.394 e. The molecule has 1 unspecified atom stereocenters. The second-order valence-corrected chi connectivity index (χ2v) is 13.8. The Morgan fingerprint density at radius 3 is 2.02 bits per heavy atom. The molecule has 0 spiro atoms. The van der Waals surface area contributed by atoms with Crippen molar-refractivity contribution < 1.29 is 24.2 Å². The Labute approximate surface area is 268 Å². The molecule has 0 radical (unpaired) electrons. The predicted octanol–water partition coefficient (Wildman–Crippen LogP) is 6.14. The summed E-state index contributed by atoms with van der Waals surface area (Å²) in [4.78, 5) is 30.0. The van der Waals surface area contributed by atoms with Gasteiger partial charge in [-0.15, -0.1) is 0 Å². The Hall–Kier alpha value is -2.79. The molecule has 2 aliphatic rings. The molecule has 5 rings (SSSR count). The van der Waals surface area contributed by atoms with E-state index in [9.17, 15) is 14.7 Å². The second kappa shape index (κ2) is 13.9. The van der Waals surface area contributed by atoms with Crippen LogP contribution in [0.25, 0.3) is 11.1 Å². The quantitative estimate of drug-likeness (QED) is 0.263. The molecular formula is C35H41IN2O5. The number of ether oxygens (including phenoxy) is 2. The number of halogens is 1. The number of rotatable bonds is 9. The second-order valence-electron chi connectivity index (χ2n) is 12.5. The van der Waals surface area contributed by atoms with Crippen LogP contribution in [-0.2, 0) is 14.3 Å². The summed E-state index contributed by atoms with van der Waals surface area (Å²) in [7, 11) is 0. The van der Waals surface area contributed by atoms with E-state index in [0.29, 0.717) is 5.56 Å². The number of carbonyl (C=O) groups excluding carboxylic acids is 2. The molecule has 228 valence electrons. The Morgan fingerprint density at radius 1 is 0.860 bits per heavy atom. The zero-order valence-corrected chi connectivity index (χ0v) is 27.2. The van der Waals surface area contributed by atoms with Crippen molar-refractivity contribution in [3.8, 4) is 11.1 Å². The van der Waals surface area contributed by atoms with Crippen LogP contribution in [-0.4, -0.2) is 64.9 Å².